The minimum Gasteiger partial charge on any atom is -0.497 e. The Kier molecular flexibility index (Phi) is 5.27. The fourth-order valence-corrected chi connectivity index (χ4v) is 3.64. The van der Waals surface area contributed by atoms with Gasteiger partial charge in [-0.15, -0.1) is 0 Å². The molecule has 3 N–H and O–H groups in total. The predicted molar refractivity (Wildman–Crippen MR) is 106 cm³/mol. The van der Waals surface area contributed by atoms with Gasteiger partial charge in [0, 0.05) is 25.0 Å². The number of H-pyrrole nitrogens is 1. The molecular formula is C21H24N4O3. The minimum absolute atomic E-state index is 0.0130. The van der Waals surface area contributed by atoms with Crippen LogP contribution >= 0.6 is 0 Å². The van der Waals surface area contributed by atoms with Crippen molar-refractivity contribution in [2.45, 2.75) is 18.6 Å². The lowest BCUT2D eigenvalue weighted by atomic mass is 9.95. The highest BCUT2D eigenvalue weighted by atomic mass is 16.5. The van der Waals surface area contributed by atoms with Crippen LogP contribution in [-0.4, -0.2) is 53.6 Å². The third kappa shape index (κ3) is 3.85. The van der Waals surface area contributed by atoms with E-state index in [1.165, 1.54) is 0 Å². The van der Waals surface area contributed by atoms with Crippen molar-refractivity contribution in [3.05, 3.63) is 59.9 Å². The van der Waals surface area contributed by atoms with Crippen molar-refractivity contribution in [1.29, 1.82) is 0 Å². The van der Waals surface area contributed by atoms with Gasteiger partial charge in [-0.25, -0.2) is 4.98 Å². The topological polar surface area (TPSA) is 93.5 Å². The van der Waals surface area contributed by atoms with E-state index in [1.807, 2.05) is 48.5 Å². The number of ether oxygens (including phenoxy) is 2. The average molecular weight is 380 g/mol. The Morgan fingerprint density at radius 2 is 2.00 bits per heavy atom. The van der Waals surface area contributed by atoms with Crippen LogP contribution in [0.2, 0.25) is 0 Å². The van der Waals surface area contributed by atoms with Gasteiger partial charge in [-0.05, 0) is 29.8 Å². The Morgan fingerprint density at radius 3 is 2.75 bits per heavy atom. The number of imidazole rings is 1. The number of benzene rings is 2. The van der Waals surface area contributed by atoms with Crippen LogP contribution in [0.3, 0.4) is 0 Å². The molecule has 0 aliphatic carbocycles. The van der Waals surface area contributed by atoms with Crippen LogP contribution in [0, 0.1) is 0 Å². The molecule has 1 aromatic heterocycles. The Morgan fingerprint density at radius 1 is 1.21 bits per heavy atom. The van der Waals surface area contributed by atoms with E-state index in [1.54, 1.807) is 12.0 Å². The van der Waals surface area contributed by atoms with Gasteiger partial charge in [0.05, 0.1) is 18.1 Å². The first-order chi connectivity index (χ1) is 13.6. The predicted octanol–water partition coefficient (Wildman–Crippen LogP) is 2.04. The summed E-state index contributed by atoms with van der Waals surface area (Å²) < 4.78 is 10.8. The van der Waals surface area contributed by atoms with E-state index in [4.69, 9.17) is 15.2 Å². The number of fused-ring (bicyclic) bond motifs is 1. The van der Waals surface area contributed by atoms with E-state index in [0.29, 0.717) is 18.9 Å². The van der Waals surface area contributed by atoms with E-state index < -0.39 is 0 Å². The lowest BCUT2D eigenvalue weighted by molar-refractivity contribution is -0.135. The second-order valence-corrected chi connectivity index (χ2v) is 7.04. The van der Waals surface area contributed by atoms with Gasteiger partial charge in [-0.1, -0.05) is 24.3 Å². The summed E-state index contributed by atoms with van der Waals surface area (Å²) in [7, 11) is 1.64. The maximum Gasteiger partial charge on any atom is 0.248 e. The van der Waals surface area contributed by atoms with Crippen molar-refractivity contribution >= 4 is 16.9 Å². The number of nitrogens with zero attached hydrogens (tertiary/aromatic N) is 2. The van der Waals surface area contributed by atoms with Crippen molar-refractivity contribution in [2.75, 3.05) is 26.8 Å². The van der Waals surface area contributed by atoms with Gasteiger partial charge in [-0.3, -0.25) is 4.79 Å². The third-order valence-electron chi connectivity index (χ3n) is 5.16. The molecule has 0 bridgehead atoms. The number of carbonyl (C=O) groups excluding carboxylic acids is 1. The van der Waals surface area contributed by atoms with Gasteiger partial charge in [0.1, 0.15) is 24.8 Å². The van der Waals surface area contributed by atoms with Gasteiger partial charge in [0.2, 0.25) is 5.91 Å². The van der Waals surface area contributed by atoms with Crippen molar-refractivity contribution < 1.29 is 14.3 Å². The summed E-state index contributed by atoms with van der Waals surface area (Å²) in [6.07, 6.45) is 0. The monoisotopic (exact) mass is 380 g/mol. The molecule has 7 nitrogen and oxygen atoms in total. The first-order valence-corrected chi connectivity index (χ1v) is 9.32. The molecule has 0 radical (unpaired) electrons. The highest BCUT2D eigenvalue weighted by molar-refractivity contribution is 5.78. The number of carbonyl (C=O) groups is 1. The highest BCUT2D eigenvalue weighted by Crippen LogP contribution is 2.28. The average Bonchev–Trinajstić information content (AvgIpc) is 3.31. The second kappa shape index (κ2) is 8.00. The molecule has 4 rings (SSSR count). The van der Waals surface area contributed by atoms with Crippen LogP contribution < -0.4 is 10.5 Å². The fraction of sp³-hybridized carbons (Fsp3) is 0.333. The number of para-hydroxylation sites is 2. The van der Waals surface area contributed by atoms with Crippen LogP contribution in [0.5, 0.6) is 5.75 Å². The van der Waals surface area contributed by atoms with E-state index in [0.717, 1.165) is 22.3 Å². The normalized spacial score (nSPS) is 19.3. The maximum atomic E-state index is 12.5. The molecule has 146 valence electrons. The van der Waals surface area contributed by atoms with E-state index >= 15 is 0 Å². The number of hydrogen-bond acceptors (Lipinski definition) is 5. The quantitative estimate of drug-likeness (QED) is 0.683. The number of nitrogens with one attached hydrogen (secondary N) is 1. The summed E-state index contributed by atoms with van der Waals surface area (Å²) in [6.45, 7) is 1.41. The molecule has 1 amide bonds. The Labute approximate surface area is 163 Å². The number of nitrogens with two attached hydrogens (primary N) is 1. The Bertz CT molecular complexity index is 921. The van der Waals surface area contributed by atoms with Crippen LogP contribution in [0.1, 0.15) is 17.3 Å². The van der Waals surface area contributed by atoms with Gasteiger partial charge in [0.15, 0.2) is 0 Å². The summed E-state index contributed by atoms with van der Waals surface area (Å²) >= 11 is 0. The van der Waals surface area contributed by atoms with Crippen molar-refractivity contribution in [2.24, 2.45) is 5.73 Å². The molecule has 0 unspecified atom stereocenters. The van der Waals surface area contributed by atoms with Crippen LogP contribution in [0.25, 0.3) is 11.0 Å². The fourth-order valence-electron chi connectivity index (χ4n) is 3.64. The first kappa shape index (κ1) is 18.5. The van der Waals surface area contributed by atoms with Gasteiger partial charge < -0.3 is 25.1 Å². The summed E-state index contributed by atoms with van der Waals surface area (Å²) in [5.41, 5.74) is 9.26. The summed E-state index contributed by atoms with van der Waals surface area (Å²) in [5.74, 6) is 1.58. The third-order valence-corrected chi connectivity index (χ3v) is 5.16. The molecule has 28 heavy (non-hydrogen) atoms. The molecule has 1 fully saturated rings. The van der Waals surface area contributed by atoms with Gasteiger partial charge >= 0.3 is 0 Å². The zero-order valence-corrected chi connectivity index (χ0v) is 15.8. The molecule has 2 heterocycles. The second-order valence-electron chi connectivity index (χ2n) is 7.04. The molecule has 1 aliphatic rings. The lowest BCUT2D eigenvalue weighted by Crippen LogP contribution is -2.34. The van der Waals surface area contributed by atoms with Crippen LogP contribution in [0.4, 0.5) is 0 Å². The minimum atomic E-state index is -0.0901. The number of aromatic nitrogens is 2. The van der Waals surface area contributed by atoms with E-state index in [2.05, 4.69) is 9.97 Å². The van der Waals surface area contributed by atoms with Crippen molar-refractivity contribution in [1.82, 2.24) is 14.9 Å². The molecule has 1 aliphatic heterocycles. The first-order valence-electron chi connectivity index (χ1n) is 9.32. The molecule has 1 saturated heterocycles. The van der Waals surface area contributed by atoms with E-state index in [9.17, 15) is 4.79 Å². The molecule has 2 aromatic carbocycles. The van der Waals surface area contributed by atoms with Crippen LogP contribution in [-0.2, 0) is 16.1 Å². The zero-order chi connectivity index (χ0) is 19.5. The standard InChI is InChI=1S/C21H24N4O3/c1-27-15-8-6-14(7-9-15)16-10-25(11-17(16)22)21(26)13-28-12-20-23-18-4-2-3-5-19(18)24-20/h2-9,16-17H,10-13,22H2,1H3,(H,23,24)/t16-,17+/m0/s1. The molecular weight excluding hydrogens is 356 g/mol. The van der Waals surface area contributed by atoms with E-state index in [-0.39, 0.29) is 31.1 Å². The number of aromatic amines is 1. The summed E-state index contributed by atoms with van der Waals surface area (Å²) in [4.78, 5) is 21.9. The zero-order valence-electron chi connectivity index (χ0n) is 15.8. The van der Waals surface area contributed by atoms with Crippen molar-refractivity contribution in [3.63, 3.8) is 0 Å². The summed E-state index contributed by atoms with van der Waals surface area (Å²) in [5, 5.41) is 0. The maximum absolute atomic E-state index is 12.5. The molecule has 2 atom stereocenters. The molecule has 3 aromatic rings. The van der Waals surface area contributed by atoms with Crippen LogP contribution in [0.15, 0.2) is 48.5 Å². The van der Waals surface area contributed by atoms with Crippen molar-refractivity contribution in [3.8, 4) is 5.75 Å². The number of likely N-dealkylation sites (tertiary alicyclic amines) is 1. The lowest BCUT2D eigenvalue weighted by Gasteiger charge is -2.16. The molecule has 0 saturated carbocycles. The summed E-state index contributed by atoms with van der Waals surface area (Å²) in [6, 6.07) is 15.6. The molecule has 7 heteroatoms. The number of hydrogen-bond donors (Lipinski definition) is 2. The largest absolute Gasteiger partial charge is 0.497 e. The number of methoxy groups -OCH3 is 1. The SMILES string of the molecule is COc1ccc([C@@H]2CN(C(=O)COCc3nc4ccccc4[nH]3)C[C@H]2N)cc1. The smallest absolute Gasteiger partial charge is 0.248 e. The van der Waals surface area contributed by atoms with Gasteiger partial charge in [0.25, 0.3) is 0 Å². The Balaban J connectivity index is 1.31. The highest BCUT2D eigenvalue weighted by Gasteiger charge is 2.33. The number of amides is 1. The molecule has 0 spiro atoms. The number of rotatable bonds is 6. The van der Waals surface area contributed by atoms with Gasteiger partial charge in [-0.2, -0.15) is 0 Å². The Hall–Kier alpha value is -2.90.